The summed E-state index contributed by atoms with van der Waals surface area (Å²) in [6, 6.07) is 22.2. The van der Waals surface area contributed by atoms with Crippen LogP contribution in [0.5, 0.6) is 0 Å². The summed E-state index contributed by atoms with van der Waals surface area (Å²) >= 11 is 0. The van der Waals surface area contributed by atoms with Crippen LogP contribution in [-0.2, 0) is 31.8 Å². The molecule has 33 heavy (non-hydrogen) atoms. The number of rotatable bonds is 6. The molecule has 3 atom stereocenters. The lowest BCUT2D eigenvalue weighted by Gasteiger charge is -2.32. The molecule has 1 heterocycles. The van der Waals surface area contributed by atoms with Crippen molar-refractivity contribution in [1.29, 1.82) is 0 Å². The molecule has 7 heteroatoms. The minimum Gasteiger partial charge on any atom is -0.460 e. The highest BCUT2D eigenvalue weighted by molar-refractivity contribution is 7.89. The van der Waals surface area contributed by atoms with Crippen molar-refractivity contribution in [1.82, 2.24) is 4.31 Å². The first-order valence-electron chi connectivity index (χ1n) is 10.8. The van der Waals surface area contributed by atoms with Crippen LogP contribution in [0.15, 0.2) is 89.8 Å². The van der Waals surface area contributed by atoms with E-state index in [9.17, 15) is 18.3 Å². The number of carbonyl (C=O) groups excluding carboxylic acids is 1. The highest BCUT2D eigenvalue weighted by Crippen LogP contribution is 2.44. The van der Waals surface area contributed by atoms with Crippen LogP contribution in [0.1, 0.15) is 30.0 Å². The third-order valence-corrected chi connectivity index (χ3v) is 8.06. The van der Waals surface area contributed by atoms with Gasteiger partial charge in [0.15, 0.2) is 6.04 Å². The van der Waals surface area contributed by atoms with Gasteiger partial charge in [-0.1, -0.05) is 78.4 Å². The van der Waals surface area contributed by atoms with Crippen LogP contribution in [-0.4, -0.2) is 35.9 Å². The van der Waals surface area contributed by atoms with E-state index < -0.39 is 33.7 Å². The lowest BCUT2D eigenvalue weighted by Crippen LogP contribution is -2.51. The van der Waals surface area contributed by atoms with Crippen molar-refractivity contribution < 1.29 is 23.1 Å². The summed E-state index contributed by atoms with van der Waals surface area (Å²) in [6.07, 6.45) is 0.0627. The molecule has 4 rings (SSSR count). The highest BCUT2D eigenvalue weighted by Gasteiger charge is 2.59. The van der Waals surface area contributed by atoms with Crippen LogP contribution in [0.4, 0.5) is 0 Å². The molecule has 1 fully saturated rings. The maximum Gasteiger partial charge on any atom is 0.328 e. The van der Waals surface area contributed by atoms with Crippen molar-refractivity contribution >= 4 is 16.0 Å². The zero-order valence-electron chi connectivity index (χ0n) is 18.6. The Balaban J connectivity index is 1.75. The van der Waals surface area contributed by atoms with Crippen molar-refractivity contribution in [3.8, 4) is 0 Å². The zero-order chi connectivity index (χ0) is 23.6. The number of nitrogens with zero attached hydrogens (tertiary/aromatic N) is 1. The number of esters is 1. The van der Waals surface area contributed by atoms with Crippen molar-refractivity contribution in [3.05, 3.63) is 102 Å². The second kappa shape index (κ2) is 9.09. The van der Waals surface area contributed by atoms with Gasteiger partial charge in [0.05, 0.1) is 4.90 Å². The van der Waals surface area contributed by atoms with E-state index in [1.54, 1.807) is 49.4 Å². The van der Waals surface area contributed by atoms with Crippen molar-refractivity contribution in [2.75, 3.05) is 0 Å². The molecule has 1 aliphatic heterocycles. The van der Waals surface area contributed by atoms with E-state index in [1.165, 1.54) is 12.1 Å². The molecule has 0 spiro atoms. The second-order valence-electron chi connectivity index (χ2n) is 8.49. The molecule has 3 aromatic carbocycles. The van der Waals surface area contributed by atoms with E-state index in [0.717, 1.165) is 15.4 Å². The van der Waals surface area contributed by atoms with E-state index in [0.29, 0.717) is 5.56 Å². The zero-order valence-corrected chi connectivity index (χ0v) is 19.4. The molecule has 1 N–H and O–H groups in total. The molecular formula is C26H27NO5S. The SMILES string of the molecule is Cc1ccc(S(=O)(=O)N2[C@@H](C)C[C@@](O)(c3ccccc3)[C@H]2C(=O)OCc2ccccc2)cc1. The van der Waals surface area contributed by atoms with Gasteiger partial charge in [-0.25, -0.2) is 8.42 Å². The van der Waals surface area contributed by atoms with E-state index in [4.69, 9.17) is 4.74 Å². The van der Waals surface area contributed by atoms with Gasteiger partial charge >= 0.3 is 5.97 Å². The van der Waals surface area contributed by atoms with Crippen LogP contribution in [0, 0.1) is 6.92 Å². The van der Waals surface area contributed by atoms with E-state index in [2.05, 4.69) is 0 Å². The quantitative estimate of drug-likeness (QED) is 0.560. The summed E-state index contributed by atoms with van der Waals surface area (Å²) in [5, 5.41) is 11.8. The molecule has 0 amide bonds. The molecule has 0 bridgehead atoms. The second-order valence-corrected chi connectivity index (χ2v) is 10.3. The van der Waals surface area contributed by atoms with Gasteiger partial charge in [0.25, 0.3) is 0 Å². The first kappa shape index (κ1) is 23.2. The summed E-state index contributed by atoms with van der Waals surface area (Å²) in [5.41, 5.74) is 0.433. The molecule has 0 saturated carbocycles. The maximum atomic E-state index is 13.7. The van der Waals surface area contributed by atoms with Gasteiger partial charge < -0.3 is 9.84 Å². The summed E-state index contributed by atoms with van der Waals surface area (Å²) < 4.78 is 34.0. The number of hydrogen-bond acceptors (Lipinski definition) is 5. The Morgan fingerprint density at radius 2 is 1.58 bits per heavy atom. The van der Waals surface area contributed by atoms with Gasteiger partial charge in [-0.05, 0) is 43.5 Å². The van der Waals surface area contributed by atoms with E-state index >= 15 is 0 Å². The molecule has 1 aliphatic rings. The van der Waals surface area contributed by atoms with Gasteiger partial charge in [0.2, 0.25) is 10.0 Å². The molecule has 172 valence electrons. The van der Waals surface area contributed by atoms with Crippen molar-refractivity contribution in [2.45, 2.75) is 49.5 Å². The van der Waals surface area contributed by atoms with Gasteiger partial charge in [0.1, 0.15) is 12.2 Å². The Bertz CT molecular complexity index is 1210. The minimum atomic E-state index is -4.09. The van der Waals surface area contributed by atoms with Crippen LogP contribution >= 0.6 is 0 Å². The fourth-order valence-corrected chi connectivity index (χ4v) is 6.24. The molecule has 0 radical (unpaired) electrons. The number of ether oxygens (including phenoxy) is 1. The van der Waals surface area contributed by atoms with Crippen LogP contribution in [0.2, 0.25) is 0 Å². The Kier molecular flexibility index (Phi) is 6.38. The first-order valence-corrected chi connectivity index (χ1v) is 12.3. The van der Waals surface area contributed by atoms with E-state index in [-0.39, 0.29) is 17.9 Å². The van der Waals surface area contributed by atoms with Gasteiger partial charge in [-0.3, -0.25) is 4.79 Å². The van der Waals surface area contributed by atoms with Crippen LogP contribution in [0.3, 0.4) is 0 Å². The normalized spacial score (nSPS) is 23.4. The Hall–Kier alpha value is -3.00. The predicted molar refractivity (Wildman–Crippen MR) is 125 cm³/mol. The maximum absolute atomic E-state index is 13.7. The molecule has 1 saturated heterocycles. The fraction of sp³-hybridized carbons (Fsp3) is 0.269. The van der Waals surface area contributed by atoms with Gasteiger partial charge in [-0.2, -0.15) is 4.31 Å². The molecule has 0 unspecified atom stereocenters. The Morgan fingerprint density at radius 3 is 2.18 bits per heavy atom. The highest BCUT2D eigenvalue weighted by atomic mass is 32.2. The molecule has 0 aromatic heterocycles. The van der Waals surface area contributed by atoms with Crippen LogP contribution in [0.25, 0.3) is 0 Å². The lowest BCUT2D eigenvalue weighted by molar-refractivity contribution is -0.156. The molecule has 0 aliphatic carbocycles. The monoisotopic (exact) mass is 465 g/mol. The molecule has 6 nitrogen and oxygen atoms in total. The number of benzene rings is 3. The third-order valence-electron chi connectivity index (χ3n) is 6.07. The van der Waals surface area contributed by atoms with Crippen molar-refractivity contribution in [3.63, 3.8) is 0 Å². The Labute approximate surface area is 194 Å². The summed E-state index contributed by atoms with van der Waals surface area (Å²) in [5.74, 6) is -0.787. The topological polar surface area (TPSA) is 83.9 Å². The van der Waals surface area contributed by atoms with Crippen molar-refractivity contribution in [2.24, 2.45) is 0 Å². The Morgan fingerprint density at radius 1 is 1.00 bits per heavy atom. The smallest absolute Gasteiger partial charge is 0.328 e. The number of carbonyl (C=O) groups is 1. The van der Waals surface area contributed by atoms with E-state index in [1.807, 2.05) is 37.3 Å². The summed E-state index contributed by atoms with van der Waals surface area (Å²) in [7, 11) is -4.09. The predicted octanol–water partition coefficient (Wildman–Crippen LogP) is 3.78. The average Bonchev–Trinajstić information content (AvgIpc) is 3.11. The lowest BCUT2D eigenvalue weighted by atomic mass is 9.85. The standard InChI is InChI=1S/C26H27NO5S/c1-19-13-15-23(16-14-19)33(30,31)27-20(2)17-26(29,22-11-7-4-8-12-22)24(27)25(28)32-18-21-9-5-3-6-10-21/h3-16,20,24,29H,17-18H2,1-2H3/t20-,24+,26+/m0/s1. The average molecular weight is 466 g/mol. The third kappa shape index (κ3) is 4.44. The molecule has 3 aromatic rings. The fourth-order valence-electron chi connectivity index (χ4n) is 4.43. The summed E-state index contributed by atoms with van der Waals surface area (Å²) in [6.45, 7) is 3.55. The number of aryl methyl sites for hydroxylation is 1. The molecular weight excluding hydrogens is 438 g/mol. The van der Waals surface area contributed by atoms with Gasteiger partial charge in [-0.15, -0.1) is 0 Å². The largest absolute Gasteiger partial charge is 0.460 e. The summed E-state index contributed by atoms with van der Waals surface area (Å²) in [4.78, 5) is 13.5. The van der Waals surface area contributed by atoms with Gasteiger partial charge in [0, 0.05) is 6.04 Å². The number of hydrogen-bond donors (Lipinski definition) is 1. The first-order chi connectivity index (χ1) is 15.7. The number of sulfonamides is 1. The number of aliphatic hydroxyl groups is 1. The van der Waals surface area contributed by atoms with Crippen LogP contribution < -0.4 is 0 Å². The minimum absolute atomic E-state index is 0.0200.